The Balaban J connectivity index is -0.000000251. The first-order chi connectivity index (χ1) is 18.6. The standard InChI is InChI=1S/C9H12BN3O5.3C6H15N.2ClH/c14-8(15)7-5-13(1-2-18-7)9-11-3-6(4-12-9)10(16)17;3*1-4-7(5-2)6-3;;/h3-4,7,16-17H,1-2,5H2,(H,14,15);3*4-6H2,1-3H3;2*1H/t7-;;;;;/m1...../s1. The van der Waals surface area contributed by atoms with Crippen molar-refractivity contribution in [3.05, 3.63) is 12.4 Å². The predicted molar refractivity (Wildman–Crippen MR) is 157 cm³/mol. The van der Waals surface area contributed by atoms with Gasteiger partial charge in [-0.3, -0.25) is 0 Å². The normalized spacial score (nSPS) is 13.9. The van der Waals surface area contributed by atoms with Gasteiger partial charge in [0.15, 0.2) is 0 Å². The molecule has 14 heteroatoms. The van der Waals surface area contributed by atoms with Gasteiger partial charge in [0, 0.05) is 24.4 Å². The van der Waals surface area contributed by atoms with Gasteiger partial charge >= 0.3 is 7.12 Å². The van der Waals surface area contributed by atoms with E-state index in [0.717, 1.165) is 0 Å². The maximum absolute atomic E-state index is 10.7. The summed E-state index contributed by atoms with van der Waals surface area (Å²) >= 11 is 0. The second-order valence-electron chi connectivity index (χ2n) is 9.25. The van der Waals surface area contributed by atoms with Gasteiger partial charge in [-0.25, -0.2) is 9.97 Å². The van der Waals surface area contributed by atoms with E-state index in [4.69, 9.17) is 14.8 Å². The number of halogens is 2. The summed E-state index contributed by atoms with van der Waals surface area (Å²) in [4.78, 5) is 25.3. The molecule has 0 amide bonds. The highest BCUT2D eigenvalue weighted by Crippen LogP contribution is 2.11. The van der Waals surface area contributed by atoms with Gasteiger partial charge in [-0.1, -0.05) is 0 Å². The Morgan fingerprint density at radius 3 is 1.41 bits per heavy atom. The molecule has 0 unspecified atom stereocenters. The lowest BCUT2D eigenvalue weighted by molar-refractivity contribution is -0.894. The van der Waals surface area contributed by atoms with Crippen molar-refractivity contribution in [2.45, 2.75) is 68.4 Å². The highest BCUT2D eigenvalue weighted by atomic mass is 35.5. The van der Waals surface area contributed by atoms with Crippen molar-refractivity contribution >= 4 is 24.5 Å². The van der Waals surface area contributed by atoms with Crippen LogP contribution in [-0.4, -0.2) is 118 Å². The van der Waals surface area contributed by atoms with Gasteiger partial charge in [0.25, 0.3) is 0 Å². The molecule has 1 aliphatic heterocycles. The number of anilines is 1. The number of hydrogen-bond donors (Lipinski definition) is 5. The van der Waals surface area contributed by atoms with Crippen LogP contribution in [0.1, 0.15) is 62.3 Å². The topological polar surface area (TPSA) is 132 Å². The third-order valence-electron chi connectivity index (χ3n) is 7.07. The second-order valence-corrected chi connectivity index (χ2v) is 9.25. The highest BCUT2D eigenvalue weighted by Gasteiger charge is 2.23. The summed E-state index contributed by atoms with van der Waals surface area (Å²) in [5, 5.41) is 28.5. The molecule has 41 heavy (non-hydrogen) atoms. The first-order valence-electron chi connectivity index (χ1n) is 14.9. The van der Waals surface area contributed by atoms with Crippen LogP contribution >= 0.6 is 0 Å². The average molecular weight is 630 g/mol. The van der Waals surface area contributed by atoms with Crippen molar-refractivity contribution in [3.63, 3.8) is 0 Å². The second kappa shape index (κ2) is 30.2. The van der Waals surface area contributed by atoms with Crippen LogP contribution in [0.15, 0.2) is 12.4 Å². The lowest BCUT2D eigenvalue weighted by Crippen LogP contribution is -3.11. The van der Waals surface area contributed by atoms with Crippen LogP contribution in [0.5, 0.6) is 0 Å². The first kappa shape index (κ1) is 46.7. The number of aromatic nitrogens is 2. The van der Waals surface area contributed by atoms with Crippen molar-refractivity contribution < 1.29 is 64.2 Å². The summed E-state index contributed by atoms with van der Waals surface area (Å²) < 4.78 is 5.01. The van der Waals surface area contributed by atoms with Crippen LogP contribution < -0.4 is 55.0 Å². The van der Waals surface area contributed by atoms with Crippen molar-refractivity contribution in [2.75, 3.05) is 83.5 Å². The predicted octanol–water partition coefficient (Wildman–Crippen LogP) is -10.1. The molecule has 0 saturated carbocycles. The van der Waals surface area contributed by atoms with E-state index in [1.807, 2.05) is 0 Å². The molecular weight excluding hydrogens is 570 g/mol. The van der Waals surface area contributed by atoms with E-state index < -0.39 is 19.2 Å². The van der Waals surface area contributed by atoms with Gasteiger partial charge in [-0.05, 0) is 62.3 Å². The number of ether oxygens (including phenoxy) is 1. The molecule has 5 N–H and O–H groups in total. The Hall–Kier alpha value is -1.25. The third-order valence-corrected chi connectivity index (χ3v) is 7.07. The number of quaternary nitrogens is 3. The molecule has 0 aliphatic carbocycles. The van der Waals surface area contributed by atoms with Crippen LogP contribution in [0.2, 0.25) is 0 Å². The Bertz CT molecular complexity index is 656. The molecule has 1 aromatic rings. The molecule has 0 aromatic carbocycles. The molecule has 1 aromatic heterocycles. The number of aliphatic carboxylic acids is 1. The van der Waals surface area contributed by atoms with Crippen LogP contribution in [0, 0.1) is 0 Å². The van der Waals surface area contributed by atoms with Crippen molar-refractivity contribution in [2.24, 2.45) is 0 Å². The van der Waals surface area contributed by atoms with Gasteiger partial charge in [0.05, 0.1) is 78.0 Å². The molecule has 1 aliphatic rings. The van der Waals surface area contributed by atoms with E-state index in [0.29, 0.717) is 12.5 Å². The SMILES string of the molecule is CC[NH+](CC)CC.CC[NH+](CC)CC.CC[NH+](CC)CC.O=C([O-])[C@H]1CN(c2ncc(B(O)O)cn2)CCO1.[Cl-].[Cl-]. The zero-order chi connectivity index (χ0) is 30.2. The summed E-state index contributed by atoms with van der Waals surface area (Å²) in [5.74, 6) is -0.962. The summed E-state index contributed by atoms with van der Waals surface area (Å²) in [6.07, 6.45) is 1.54. The van der Waals surface area contributed by atoms with Gasteiger partial charge in [0.1, 0.15) is 6.10 Å². The fourth-order valence-electron chi connectivity index (χ4n) is 3.85. The van der Waals surface area contributed by atoms with E-state index in [1.165, 1.54) is 71.3 Å². The van der Waals surface area contributed by atoms with Crippen LogP contribution in [0.4, 0.5) is 5.95 Å². The van der Waals surface area contributed by atoms with Crippen molar-refractivity contribution in [1.82, 2.24) is 9.97 Å². The Morgan fingerprint density at radius 2 is 1.17 bits per heavy atom. The number of carboxylic acid groups (broad SMARTS) is 1. The average Bonchev–Trinajstić information content (AvgIpc) is 2.97. The Kier molecular flexibility index (Phi) is 34.4. The lowest BCUT2D eigenvalue weighted by atomic mass is 9.83. The molecule has 0 radical (unpaired) electrons. The molecule has 11 nitrogen and oxygen atoms in total. The minimum Gasteiger partial charge on any atom is -1.00 e. The molecule has 1 atom stereocenters. The van der Waals surface area contributed by atoms with Crippen LogP contribution in [-0.2, 0) is 9.53 Å². The van der Waals surface area contributed by atoms with Crippen molar-refractivity contribution in [1.29, 1.82) is 0 Å². The fraction of sp³-hybridized carbons (Fsp3) is 0.815. The largest absolute Gasteiger partial charge is 1.00 e. The summed E-state index contributed by atoms with van der Waals surface area (Å²) in [7, 11) is -1.63. The van der Waals surface area contributed by atoms with E-state index in [2.05, 4.69) is 72.3 Å². The molecular formula is C27H59BCl2N6O5. The smallest absolute Gasteiger partial charge is 0.491 e. The maximum Gasteiger partial charge on any atom is 0.491 e. The molecule has 2 heterocycles. The van der Waals surface area contributed by atoms with Crippen LogP contribution in [0.25, 0.3) is 0 Å². The number of carbonyl (C=O) groups is 1. The van der Waals surface area contributed by atoms with E-state index in [-0.39, 0.29) is 43.4 Å². The molecule has 1 saturated heterocycles. The van der Waals surface area contributed by atoms with Gasteiger partial charge in [-0.15, -0.1) is 0 Å². The van der Waals surface area contributed by atoms with E-state index in [9.17, 15) is 9.90 Å². The number of carboxylic acids is 1. The Morgan fingerprint density at radius 1 is 0.829 bits per heavy atom. The zero-order valence-corrected chi connectivity index (χ0v) is 28.5. The minimum absolute atomic E-state index is 0. The molecule has 2 rings (SSSR count). The molecule has 0 spiro atoms. The summed E-state index contributed by atoms with van der Waals surface area (Å²) in [6.45, 7) is 32.3. The van der Waals surface area contributed by atoms with E-state index in [1.54, 1.807) is 19.6 Å². The Labute approximate surface area is 262 Å². The molecule has 1 fully saturated rings. The number of nitrogens with one attached hydrogen (secondary N) is 3. The third kappa shape index (κ3) is 22.0. The number of nitrogens with zero attached hydrogens (tertiary/aromatic N) is 3. The van der Waals surface area contributed by atoms with Crippen molar-refractivity contribution in [3.8, 4) is 0 Å². The van der Waals surface area contributed by atoms with E-state index >= 15 is 0 Å². The molecule has 0 bridgehead atoms. The summed E-state index contributed by atoms with van der Waals surface area (Å²) in [5.41, 5.74) is 0.170. The lowest BCUT2D eigenvalue weighted by Gasteiger charge is -2.33. The number of hydrogen-bond acceptors (Lipinski definition) is 8. The quantitative estimate of drug-likeness (QED) is 0.144. The van der Waals surface area contributed by atoms with Gasteiger partial charge in [0.2, 0.25) is 5.95 Å². The molecule has 244 valence electrons. The first-order valence-corrected chi connectivity index (χ1v) is 14.9. The number of rotatable bonds is 12. The minimum atomic E-state index is -1.63. The van der Waals surface area contributed by atoms with Gasteiger partial charge < -0.3 is 69.1 Å². The number of morpholine rings is 1. The summed E-state index contributed by atoms with van der Waals surface area (Å²) in [6, 6.07) is 0. The van der Waals surface area contributed by atoms with Gasteiger partial charge in [-0.2, -0.15) is 0 Å². The zero-order valence-electron chi connectivity index (χ0n) is 27.0. The number of carbonyl (C=O) groups excluding carboxylic acids is 1. The highest BCUT2D eigenvalue weighted by molar-refractivity contribution is 6.58. The maximum atomic E-state index is 10.7. The fourth-order valence-corrected chi connectivity index (χ4v) is 3.85. The van der Waals surface area contributed by atoms with Crippen LogP contribution in [0.3, 0.4) is 0 Å². The monoisotopic (exact) mass is 628 g/mol.